The summed E-state index contributed by atoms with van der Waals surface area (Å²) in [7, 11) is 0. The lowest BCUT2D eigenvalue weighted by molar-refractivity contribution is 0.281. The molecule has 0 aliphatic rings. The molecule has 2 aromatic rings. The van der Waals surface area contributed by atoms with E-state index in [9.17, 15) is 0 Å². The first-order chi connectivity index (χ1) is 6.72. The topological polar surface area (TPSA) is 20.2 Å². The number of fused-ring (bicyclic) bond motifs is 1. The van der Waals surface area contributed by atoms with Gasteiger partial charge in [0.25, 0.3) is 0 Å². The van der Waals surface area contributed by atoms with E-state index in [2.05, 4.69) is 28.1 Å². The van der Waals surface area contributed by atoms with Crippen LogP contribution in [0.2, 0.25) is 0 Å². The minimum atomic E-state index is 0.105. The number of aliphatic hydroxyl groups excluding tert-OH is 1. The Morgan fingerprint density at radius 2 is 1.93 bits per heavy atom. The van der Waals surface area contributed by atoms with Crippen molar-refractivity contribution in [1.82, 2.24) is 0 Å². The van der Waals surface area contributed by atoms with Gasteiger partial charge in [0.05, 0.1) is 6.61 Å². The van der Waals surface area contributed by atoms with Gasteiger partial charge < -0.3 is 5.11 Å². The summed E-state index contributed by atoms with van der Waals surface area (Å²) < 4.78 is 1.07. The van der Waals surface area contributed by atoms with Crippen molar-refractivity contribution >= 4 is 26.7 Å². The molecule has 2 heteroatoms. The van der Waals surface area contributed by atoms with Crippen LogP contribution in [-0.2, 0) is 6.61 Å². The van der Waals surface area contributed by atoms with Crippen molar-refractivity contribution in [2.24, 2.45) is 0 Å². The zero-order valence-electron chi connectivity index (χ0n) is 7.92. The van der Waals surface area contributed by atoms with Crippen molar-refractivity contribution in [3.63, 3.8) is 0 Å². The van der Waals surface area contributed by atoms with Gasteiger partial charge in [-0.05, 0) is 41.0 Å². The molecule has 1 nitrogen and oxygen atoms in total. The predicted octanol–water partition coefficient (Wildman–Crippen LogP) is 3.40. The molecular weight excluding hydrogens is 240 g/mol. The molecule has 0 unspecified atom stereocenters. The summed E-state index contributed by atoms with van der Waals surface area (Å²) in [6.07, 6.45) is 0. The molecule has 2 rings (SSSR count). The van der Waals surface area contributed by atoms with Gasteiger partial charge in [-0.1, -0.05) is 34.1 Å². The summed E-state index contributed by atoms with van der Waals surface area (Å²) in [5, 5.41) is 11.5. The lowest BCUT2D eigenvalue weighted by atomic mass is 10.0. The van der Waals surface area contributed by atoms with Gasteiger partial charge in [0.2, 0.25) is 0 Å². The fraction of sp³-hybridized carbons (Fsp3) is 0.167. The van der Waals surface area contributed by atoms with Crippen molar-refractivity contribution in [2.45, 2.75) is 13.5 Å². The highest BCUT2D eigenvalue weighted by Crippen LogP contribution is 2.25. The zero-order valence-corrected chi connectivity index (χ0v) is 9.51. The number of aliphatic hydroxyl groups is 1. The molecule has 1 N–H and O–H groups in total. The second-order valence-electron chi connectivity index (χ2n) is 3.37. The molecule has 0 radical (unpaired) electrons. The smallest absolute Gasteiger partial charge is 0.0684 e. The van der Waals surface area contributed by atoms with Crippen molar-refractivity contribution < 1.29 is 5.11 Å². The van der Waals surface area contributed by atoms with Gasteiger partial charge in [0.15, 0.2) is 0 Å². The Morgan fingerprint density at radius 3 is 2.64 bits per heavy atom. The highest BCUT2D eigenvalue weighted by Gasteiger charge is 2.02. The Balaban J connectivity index is 2.79. The Morgan fingerprint density at radius 1 is 1.21 bits per heavy atom. The van der Waals surface area contributed by atoms with Crippen LogP contribution in [0.3, 0.4) is 0 Å². The van der Waals surface area contributed by atoms with Crippen LogP contribution < -0.4 is 0 Å². The van der Waals surface area contributed by atoms with Gasteiger partial charge in [-0.3, -0.25) is 0 Å². The number of aryl methyl sites for hydroxylation is 1. The summed E-state index contributed by atoms with van der Waals surface area (Å²) in [5.41, 5.74) is 2.15. The Hall–Kier alpha value is -0.860. The van der Waals surface area contributed by atoms with Crippen molar-refractivity contribution in [3.8, 4) is 0 Å². The third kappa shape index (κ3) is 1.56. The number of halogens is 1. The molecule has 0 aromatic heterocycles. The standard InChI is InChI=1S/C12H11BrO/c1-8-10(7-14)3-2-9-4-5-11(13)6-12(8)9/h2-6,14H,7H2,1H3. The van der Waals surface area contributed by atoms with Gasteiger partial charge in [-0.25, -0.2) is 0 Å². The van der Waals surface area contributed by atoms with E-state index in [4.69, 9.17) is 5.11 Å². The van der Waals surface area contributed by atoms with Crippen molar-refractivity contribution in [1.29, 1.82) is 0 Å². The first kappa shape index (κ1) is 9.69. The summed E-state index contributed by atoms with van der Waals surface area (Å²) in [4.78, 5) is 0. The largest absolute Gasteiger partial charge is 0.392 e. The number of benzene rings is 2. The summed E-state index contributed by atoms with van der Waals surface area (Å²) in [6, 6.07) is 10.2. The van der Waals surface area contributed by atoms with E-state index in [1.807, 2.05) is 25.1 Å². The third-order valence-corrected chi connectivity index (χ3v) is 3.03. The molecule has 0 atom stereocenters. The van der Waals surface area contributed by atoms with Crippen molar-refractivity contribution in [3.05, 3.63) is 45.9 Å². The lowest BCUT2D eigenvalue weighted by Crippen LogP contribution is -1.89. The average Bonchev–Trinajstić information content (AvgIpc) is 2.20. The van der Waals surface area contributed by atoms with Crippen LogP contribution in [0.4, 0.5) is 0 Å². The minimum Gasteiger partial charge on any atom is -0.392 e. The Labute approximate surface area is 91.5 Å². The monoisotopic (exact) mass is 250 g/mol. The quantitative estimate of drug-likeness (QED) is 0.823. The highest BCUT2D eigenvalue weighted by atomic mass is 79.9. The van der Waals surface area contributed by atoms with E-state index in [0.29, 0.717) is 0 Å². The fourth-order valence-corrected chi connectivity index (χ4v) is 2.02. The molecule has 0 spiro atoms. The maximum atomic E-state index is 9.14. The van der Waals surface area contributed by atoms with Crippen LogP contribution in [0.1, 0.15) is 11.1 Å². The summed E-state index contributed by atoms with van der Waals surface area (Å²) in [5.74, 6) is 0. The SMILES string of the molecule is Cc1c(CO)ccc2ccc(Br)cc12. The first-order valence-corrected chi connectivity index (χ1v) is 5.30. The number of hydrogen-bond donors (Lipinski definition) is 1. The average molecular weight is 251 g/mol. The molecule has 0 heterocycles. The third-order valence-electron chi connectivity index (χ3n) is 2.54. The van der Waals surface area contributed by atoms with Crippen LogP contribution in [0.15, 0.2) is 34.8 Å². The normalized spacial score (nSPS) is 10.8. The van der Waals surface area contributed by atoms with E-state index in [1.165, 1.54) is 10.8 Å². The van der Waals surface area contributed by atoms with Crippen LogP contribution in [-0.4, -0.2) is 5.11 Å². The maximum absolute atomic E-state index is 9.14. The molecule has 72 valence electrons. The first-order valence-electron chi connectivity index (χ1n) is 4.51. The highest BCUT2D eigenvalue weighted by molar-refractivity contribution is 9.10. The van der Waals surface area contributed by atoms with Crippen LogP contribution in [0, 0.1) is 6.92 Å². The molecule has 0 aliphatic heterocycles. The van der Waals surface area contributed by atoms with Gasteiger partial charge in [-0.2, -0.15) is 0 Å². The molecule has 0 saturated carbocycles. The predicted molar refractivity (Wildman–Crippen MR) is 62.3 cm³/mol. The fourth-order valence-electron chi connectivity index (χ4n) is 1.66. The number of hydrogen-bond acceptors (Lipinski definition) is 1. The summed E-state index contributed by atoms with van der Waals surface area (Å²) in [6.45, 7) is 2.15. The van der Waals surface area contributed by atoms with E-state index in [1.54, 1.807) is 0 Å². The van der Waals surface area contributed by atoms with Gasteiger partial charge in [0.1, 0.15) is 0 Å². The van der Waals surface area contributed by atoms with E-state index >= 15 is 0 Å². The zero-order chi connectivity index (χ0) is 10.1. The van der Waals surface area contributed by atoms with E-state index < -0.39 is 0 Å². The van der Waals surface area contributed by atoms with Crippen LogP contribution in [0.5, 0.6) is 0 Å². The van der Waals surface area contributed by atoms with Crippen LogP contribution in [0.25, 0.3) is 10.8 Å². The molecule has 0 bridgehead atoms. The Bertz CT molecular complexity index is 477. The van der Waals surface area contributed by atoms with Gasteiger partial charge in [-0.15, -0.1) is 0 Å². The lowest BCUT2D eigenvalue weighted by Gasteiger charge is -2.07. The second-order valence-corrected chi connectivity index (χ2v) is 4.29. The summed E-state index contributed by atoms with van der Waals surface area (Å²) >= 11 is 3.45. The van der Waals surface area contributed by atoms with Gasteiger partial charge >= 0.3 is 0 Å². The second kappa shape index (κ2) is 3.71. The van der Waals surface area contributed by atoms with E-state index in [0.717, 1.165) is 15.6 Å². The molecule has 0 aliphatic carbocycles. The van der Waals surface area contributed by atoms with Crippen LogP contribution >= 0.6 is 15.9 Å². The molecule has 14 heavy (non-hydrogen) atoms. The molecule has 0 fully saturated rings. The minimum absolute atomic E-state index is 0.105. The van der Waals surface area contributed by atoms with Gasteiger partial charge in [0, 0.05) is 4.47 Å². The van der Waals surface area contributed by atoms with E-state index in [-0.39, 0.29) is 6.61 Å². The molecule has 0 amide bonds. The molecule has 0 saturated heterocycles. The molecule has 2 aromatic carbocycles. The maximum Gasteiger partial charge on any atom is 0.0684 e. The Kier molecular flexibility index (Phi) is 2.57. The number of rotatable bonds is 1. The molecular formula is C12H11BrO. The van der Waals surface area contributed by atoms with Crippen molar-refractivity contribution in [2.75, 3.05) is 0 Å².